The van der Waals surface area contributed by atoms with Crippen LogP contribution in [0.15, 0.2) is 36.5 Å². The molecule has 0 spiro atoms. The Balaban J connectivity index is 2.28. The summed E-state index contributed by atoms with van der Waals surface area (Å²) >= 11 is 0. The Hall–Kier alpha value is -1.72. The number of hydrogen-bond donors (Lipinski definition) is 1. The lowest BCUT2D eigenvalue weighted by Gasteiger charge is -2.23. The van der Waals surface area contributed by atoms with E-state index in [-0.39, 0.29) is 12.1 Å². The average Bonchev–Trinajstić information content (AvgIpc) is 2.89. The van der Waals surface area contributed by atoms with Crippen LogP contribution < -0.4 is 5.73 Å². The molecule has 96 valence electrons. The van der Waals surface area contributed by atoms with Gasteiger partial charge in [0.2, 0.25) is 0 Å². The van der Waals surface area contributed by atoms with Gasteiger partial charge in [0.25, 0.3) is 0 Å². The van der Waals surface area contributed by atoms with Gasteiger partial charge in [0, 0.05) is 13.7 Å². The van der Waals surface area contributed by atoms with E-state index in [0.717, 1.165) is 17.8 Å². The van der Waals surface area contributed by atoms with Crippen molar-refractivity contribution in [1.29, 1.82) is 0 Å². The molecule has 1 aromatic heterocycles. The molecule has 0 fully saturated rings. The lowest BCUT2D eigenvalue weighted by Crippen LogP contribution is -2.24. The zero-order chi connectivity index (χ0) is 13.0. The summed E-state index contributed by atoms with van der Waals surface area (Å²) in [6.45, 7) is 2.75. The Labute approximate surface area is 107 Å². The van der Waals surface area contributed by atoms with Crippen LogP contribution >= 0.6 is 0 Å². The fraction of sp³-hybridized carbons (Fsp3) is 0.385. The van der Waals surface area contributed by atoms with Crippen LogP contribution in [-0.4, -0.2) is 22.1 Å². The summed E-state index contributed by atoms with van der Waals surface area (Å²) < 4.78 is 7.32. The Kier molecular flexibility index (Phi) is 4.07. The molecule has 0 bridgehead atoms. The number of nitrogens with zero attached hydrogens (tertiary/aromatic N) is 3. The van der Waals surface area contributed by atoms with E-state index >= 15 is 0 Å². The molecule has 0 aliphatic carbocycles. The standard InChI is InChI=1S/C13H18N4O/c1-3-17-11(9-15-16-17)12(14)13(18-2)10-7-5-4-6-8-10/h4-9,12-13H,3,14H2,1-2H3. The summed E-state index contributed by atoms with van der Waals surface area (Å²) in [5, 5.41) is 7.90. The van der Waals surface area contributed by atoms with Gasteiger partial charge >= 0.3 is 0 Å². The highest BCUT2D eigenvalue weighted by Gasteiger charge is 2.24. The number of rotatable bonds is 5. The van der Waals surface area contributed by atoms with Crippen LogP contribution in [0.4, 0.5) is 0 Å². The molecule has 0 aliphatic rings. The fourth-order valence-electron chi connectivity index (χ4n) is 2.06. The molecule has 2 rings (SSSR count). The van der Waals surface area contributed by atoms with Crippen molar-refractivity contribution in [3.8, 4) is 0 Å². The third kappa shape index (κ3) is 2.42. The molecule has 1 heterocycles. The van der Waals surface area contributed by atoms with E-state index in [0.29, 0.717) is 0 Å². The maximum absolute atomic E-state index is 6.28. The second-order valence-corrected chi connectivity index (χ2v) is 4.07. The lowest BCUT2D eigenvalue weighted by atomic mass is 10.0. The number of aryl methyl sites for hydroxylation is 1. The Morgan fingerprint density at radius 1 is 1.33 bits per heavy atom. The third-order valence-corrected chi connectivity index (χ3v) is 3.00. The highest BCUT2D eigenvalue weighted by molar-refractivity contribution is 5.21. The minimum absolute atomic E-state index is 0.199. The summed E-state index contributed by atoms with van der Waals surface area (Å²) in [5.74, 6) is 0. The van der Waals surface area contributed by atoms with Crippen molar-refractivity contribution >= 4 is 0 Å². The van der Waals surface area contributed by atoms with Gasteiger partial charge in [-0.2, -0.15) is 0 Å². The minimum Gasteiger partial charge on any atom is -0.375 e. The summed E-state index contributed by atoms with van der Waals surface area (Å²) in [5.41, 5.74) is 8.21. The number of nitrogens with two attached hydrogens (primary N) is 1. The van der Waals surface area contributed by atoms with Crippen LogP contribution in [0.25, 0.3) is 0 Å². The Bertz CT molecular complexity index is 483. The van der Waals surface area contributed by atoms with Crippen molar-refractivity contribution in [1.82, 2.24) is 15.0 Å². The topological polar surface area (TPSA) is 66.0 Å². The predicted octanol–water partition coefficient (Wildman–Crippen LogP) is 1.69. The Morgan fingerprint density at radius 2 is 2.06 bits per heavy atom. The smallest absolute Gasteiger partial charge is 0.103 e. The quantitative estimate of drug-likeness (QED) is 0.871. The zero-order valence-corrected chi connectivity index (χ0v) is 10.7. The third-order valence-electron chi connectivity index (χ3n) is 3.00. The van der Waals surface area contributed by atoms with Crippen LogP contribution in [0, 0.1) is 0 Å². The second-order valence-electron chi connectivity index (χ2n) is 4.07. The monoisotopic (exact) mass is 246 g/mol. The predicted molar refractivity (Wildman–Crippen MR) is 68.8 cm³/mol. The minimum atomic E-state index is -0.285. The van der Waals surface area contributed by atoms with Gasteiger partial charge in [-0.1, -0.05) is 35.5 Å². The van der Waals surface area contributed by atoms with Crippen molar-refractivity contribution in [2.75, 3.05) is 7.11 Å². The number of aromatic nitrogens is 3. The van der Waals surface area contributed by atoms with Gasteiger partial charge in [-0.05, 0) is 12.5 Å². The molecular weight excluding hydrogens is 228 g/mol. The molecule has 0 radical (unpaired) electrons. The summed E-state index contributed by atoms with van der Waals surface area (Å²) in [6, 6.07) is 9.65. The molecule has 2 N–H and O–H groups in total. The van der Waals surface area contributed by atoms with Gasteiger partial charge in [0.05, 0.1) is 17.9 Å². The van der Waals surface area contributed by atoms with E-state index < -0.39 is 0 Å². The van der Waals surface area contributed by atoms with Gasteiger partial charge in [-0.25, -0.2) is 4.68 Å². The highest BCUT2D eigenvalue weighted by Crippen LogP contribution is 2.28. The molecule has 0 aliphatic heterocycles. The van der Waals surface area contributed by atoms with Crippen molar-refractivity contribution in [3.05, 3.63) is 47.8 Å². The number of ether oxygens (including phenoxy) is 1. The molecular formula is C13H18N4O. The first-order valence-electron chi connectivity index (χ1n) is 5.99. The van der Waals surface area contributed by atoms with Crippen LogP contribution in [0.5, 0.6) is 0 Å². The van der Waals surface area contributed by atoms with E-state index in [2.05, 4.69) is 10.3 Å². The highest BCUT2D eigenvalue weighted by atomic mass is 16.5. The van der Waals surface area contributed by atoms with Gasteiger partial charge in [-0.3, -0.25) is 0 Å². The second kappa shape index (κ2) is 5.75. The number of hydrogen-bond acceptors (Lipinski definition) is 4. The van der Waals surface area contributed by atoms with Crippen molar-refractivity contribution < 1.29 is 4.74 Å². The average molecular weight is 246 g/mol. The molecule has 5 nitrogen and oxygen atoms in total. The summed E-state index contributed by atoms with van der Waals surface area (Å²) in [6.07, 6.45) is 1.50. The normalized spacial score (nSPS) is 14.4. The molecule has 1 aromatic carbocycles. The van der Waals surface area contributed by atoms with Gasteiger partial charge < -0.3 is 10.5 Å². The molecule has 0 saturated heterocycles. The molecule has 2 atom stereocenters. The molecule has 0 amide bonds. The van der Waals surface area contributed by atoms with E-state index in [4.69, 9.17) is 10.5 Å². The molecule has 18 heavy (non-hydrogen) atoms. The van der Waals surface area contributed by atoms with Crippen molar-refractivity contribution in [2.24, 2.45) is 5.73 Å². The van der Waals surface area contributed by atoms with Crippen molar-refractivity contribution in [3.63, 3.8) is 0 Å². The van der Waals surface area contributed by atoms with Crippen LogP contribution in [0.2, 0.25) is 0 Å². The first-order chi connectivity index (χ1) is 8.77. The van der Waals surface area contributed by atoms with Crippen LogP contribution in [-0.2, 0) is 11.3 Å². The molecule has 2 aromatic rings. The largest absolute Gasteiger partial charge is 0.375 e. The zero-order valence-electron chi connectivity index (χ0n) is 10.7. The van der Waals surface area contributed by atoms with Crippen molar-refractivity contribution in [2.45, 2.75) is 25.6 Å². The Morgan fingerprint density at radius 3 is 2.67 bits per heavy atom. The first-order valence-corrected chi connectivity index (χ1v) is 5.99. The molecule has 2 unspecified atom stereocenters. The SMILES string of the molecule is CCn1nncc1C(N)C(OC)c1ccccc1. The van der Waals surface area contributed by atoms with E-state index in [9.17, 15) is 0 Å². The van der Waals surface area contributed by atoms with Gasteiger partial charge in [0.15, 0.2) is 0 Å². The van der Waals surface area contributed by atoms with E-state index in [1.165, 1.54) is 0 Å². The van der Waals surface area contributed by atoms with Gasteiger partial charge in [0.1, 0.15) is 6.10 Å². The maximum atomic E-state index is 6.28. The molecule has 5 heteroatoms. The number of methoxy groups -OCH3 is 1. The summed E-state index contributed by atoms with van der Waals surface area (Å²) in [4.78, 5) is 0. The number of benzene rings is 1. The molecule has 0 saturated carbocycles. The van der Waals surface area contributed by atoms with Gasteiger partial charge in [-0.15, -0.1) is 5.10 Å². The van der Waals surface area contributed by atoms with E-state index in [1.54, 1.807) is 18.0 Å². The van der Waals surface area contributed by atoms with E-state index in [1.807, 2.05) is 37.3 Å². The fourth-order valence-corrected chi connectivity index (χ4v) is 2.06. The van der Waals surface area contributed by atoms with Crippen LogP contribution in [0.1, 0.15) is 30.3 Å². The first kappa shape index (κ1) is 12.7. The van der Waals surface area contributed by atoms with Crippen LogP contribution in [0.3, 0.4) is 0 Å². The maximum Gasteiger partial charge on any atom is 0.103 e. The lowest BCUT2D eigenvalue weighted by molar-refractivity contribution is 0.0775. The summed E-state index contributed by atoms with van der Waals surface area (Å²) in [7, 11) is 1.66.